The van der Waals surface area contributed by atoms with E-state index in [-0.39, 0.29) is 25.2 Å². The molecule has 0 N–H and O–H groups in total. The molecule has 5 rings (SSSR count). The third-order valence-corrected chi connectivity index (χ3v) is 6.09. The van der Waals surface area contributed by atoms with Crippen molar-refractivity contribution in [2.45, 2.75) is 38.5 Å². The van der Waals surface area contributed by atoms with Crippen LogP contribution in [0.4, 0.5) is 0 Å². The smallest absolute Gasteiger partial charge is 0.260 e. The topological polar surface area (TPSA) is 86.9 Å². The minimum absolute atomic E-state index is 0.00304. The van der Waals surface area contributed by atoms with E-state index in [1.165, 1.54) is 5.56 Å². The average Bonchev–Trinajstić information content (AvgIpc) is 3.52. The van der Waals surface area contributed by atoms with Crippen LogP contribution in [0.15, 0.2) is 46.9 Å². The Hall–Kier alpha value is -3.55. The fourth-order valence-electron chi connectivity index (χ4n) is 4.14. The lowest BCUT2D eigenvalue weighted by molar-refractivity contribution is -0.134. The predicted octanol–water partition coefficient (Wildman–Crippen LogP) is 4.37. The zero-order valence-electron chi connectivity index (χ0n) is 18.8. The Morgan fingerprint density at radius 3 is 2.76 bits per heavy atom. The number of nitrogens with zero attached hydrogens (tertiary/aromatic N) is 3. The lowest BCUT2D eigenvalue weighted by Crippen LogP contribution is -2.41. The lowest BCUT2D eigenvalue weighted by Gasteiger charge is -2.31. The SMILES string of the molecule is CC(C)c1ccc(OCC(=O)N2CCCC(c3nnc(-c4ccc5c(c4)OCO5)o3)C2)cc1. The minimum Gasteiger partial charge on any atom is -0.484 e. The molecule has 8 heteroatoms. The third-order valence-electron chi connectivity index (χ3n) is 6.09. The largest absolute Gasteiger partial charge is 0.484 e. The summed E-state index contributed by atoms with van der Waals surface area (Å²) < 4.78 is 22.5. The first-order chi connectivity index (χ1) is 16.1. The number of hydrogen-bond donors (Lipinski definition) is 0. The number of rotatable bonds is 6. The van der Waals surface area contributed by atoms with Crippen LogP contribution in [0.5, 0.6) is 17.2 Å². The van der Waals surface area contributed by atoms with Crippen molar-refractivity contribution in [1.82, 2.24) is 15.1 Å². The van der Waals surface area contributed by atoms with Crippen molar-refractivity contribution in [3.63, 3.8) is 0 Å². The highest BCUT2D eigenvalue weighted by Crippen LogP contribution is 2.36. The van der Waals surface area contributed by atoms with Crippen molar-refractivity contribution in [3.8, 4) is 28.7 Å². The number of piperidine rings is 1. The van der Waals surface area contributed by atoms with Crippen LogP contribution in [-0.2, 0) is 4.79 Å². The van der Waals surface area contributed by atoms with Gasteiger partial charge in [-0.2, -0.15) is 0 Å². The van der Waals surface area contributed by atoms with Crippen molar-refractivity contribution >= 4 is 5.91 Å². The highest BCUT2D eigenvalue weighted by atomic mass is 16.7. The maximum absolute atomic E-state index is 12.8. The van der Waals surface area contributed by atoms with Crippen molar-refractivity contribution in [2.75, 3.05) is 26.5 Å². The number of fused-ring (bicyclic) bond motifs is 1. The van der Waals surface area contributed by atoms with Gasteiger partial charge in [0.2, 0.25) is 18.6 Å². The van der Waals surface area contributed by atoms with Gasteiger partial charge in [-0.25, -0.2) is 0 Å². The van der Waals surface area contributed by atoms with Crippen LogP contribution in [-0.4, -0.2) is 47.5 Å². The van der Waals surface area contributed by atoms with Crippen LogP contribution in [0.2, 0.25) is 0 Å². The molecule has 1 aromatic heterocycles. The molecule has 1 saturated heterocycles. The van der Waals surface area contributed by atoms with Gasteiger partial charge in [0.15, 0.2) is 18.1 Å². The quantitative estimate of drug-likeness (QED) is 0.552. The molecule has 2 aromatic carbocycles. The van der Waals surface area contributed by atoms with E-state index >= 15 is 0 Å². The molecule has 3 heterocycles. The van der Waals surface area contributed by atoms with E-state index < -0.39 is 0 Å². The van der Waals surface area contributed by atoms with Crippen LogP contribution in [0.1, 0.15) is 50.0 Å². The molecule has 1 unspecified atom stereocenters. The van der Waals surface area contributed by atoms with Gasteiger partial charge in [0.25, 0.3) is 5.91 Å². The zero-order chi connectivity index (χ0) is 22.8. The van der Waals surface area contributed by atoms with E-state index in [9.17, 15) is 4.79 Å². The van der Waals surface area contributed by atoms with E-state index in [0.717, 1.165) is 18.4 Å². The number of ether oxygens (including phenoxy) is 3. The molecule has 0 aliphatic carbocycles. The van der Waals surface area contributed by atoms with Crippen molar-refractivity contribution < 1.29 is 23.4 Å². The van der Waals surface area contributed by atoms with Gasteiger partial charge in [0.1, 0.15) is 5.75 Å². The van der Waals surface area contributed by atoms with Gasteiger partial charge in [-0.15, -0.1) is 10.2 Å². The summed E-state index contributed by atoms with van der Waals surface area (Å²) in [5.74, 6) is 3.48. The second-order valence-electron chi connectivity index (χ2n) is 8.70. The van der Waals surface area contributed by atoms with E-state index in [1.54, 1.807) is 0 Å². The fourth-order valence-corrected chi connectivity index (χ4v) is 4.14. The highest BCUT2D eigenvalue weighted by molar-refractivity contribution is 5.78. The number of amides is 1. The molecule has 172 valence electrons. The summed E-state index contributed by atoms with van der Waals surface area (Å²) in [5, 5.41) is 8.47. The van der Waals surface area contributed by atoms with Gasteiger partial charge in [0, 0.05) is 18.7 Å². The Morgan fingerprint density at radius 2 is 1.94 bits per heavy atom. The summed E-state index contributed by atoms with van der Waals surface area (Å²) in [6, 6.07) is 13.4. The number of aromatic nitrogens is 2. The fraction of sp³-hybridized carbons (Fsp3) is 0.400. The summed E-state index contributed by atoms with van der Waals surface area (Å²) in [6.45, 7) is 5.76. The second-order valence-corrected chi connectivity index (χ2v) is 8.70. The molecule has 1 fully saturated rings. The molecule has 0 radical (unpaired) electrons. The molecule has 0 spiro atoms. The summed E-state index contributed by atoms with van der Waals surface area (Å²) in [5.41, 5.74) is 2.02. The van der Waals surface area contributed by atoms with E-state index in [0.29, 0.717) is 48.0 Å². The average molecular weight is 450 g/mol. The van der Waals surface area contributed by atoms with Gasteiger partial charge in [0.05, 0.1) is 5.92 Å². The number of carbonyl (C=O) groups excluding carboxylic acids is 1. The van der Waals surface area contributed by atoms with Gasteiger partial charge in [-0.1, -0.05) is 26.0 Å². The van der Waals surface area contributed by atoms with Gasteiger partial charge in [-0.05, 0) is 54.7 Å². The van der Waals surface area contributed by atoms with Gasteiger partial charge in [-0.3, -0.25) is 4.79 Å². The normalized spacial score (nSPS) is 17.4. The zero-order valence-corrected chi connectivity index (χ0v) is 18.8. The van der Waals surface area contributed by atoms with Gasteiger partial charge < -0.3 is 23.5 Å². The van der Waals surface area contributed by atoms with Crippen LogP contribution in [0, 0.1) is 0 Å². The van der Waals surface area contributed by atoms with Crippen molar-refractivity contribution in [1.29, 1.82) is 0 Å². The lowest BCUT2D eigenvalue weighted by atomic mass is 9.98. The number of carbonyl (C=O) groups is 1. The maximum Gasteiger partial charge on any atom is 0.260 e. The third kappa shape index (κ3) is 4.65. The summed E-state index contributed by atoms with van der Waals surface area (Å²) >= 11 is 0. The predicted molar refractivity (Wildman–Crippen MR) is 120 cm³/mol. The first kappa shape index (κ1) is 21.3. The standard InChI is InChI=1S/C25H27N3O5/c1-16(2)17-5-8-20(9-6-17)30-14-23(29)28-11-3-4-19(13-28)25-27-26-24(33-25)18-7-10-21-22(12-18)32-15-31-21/h5-10,12,16,19H,3-4,11,13-15H2,1-2H3. The molecule has 0 bridgehead atoms. The second kappa shape index (κ2) is 9.13. The first-order valence-corrected chi connectivity index (χ1v) is 11.3. The molecule has 8 nitrogen and oxygen atoms in total. The molecule has 1 atom stereocenters. The number of hydrogen-bond acceptors (Lipinski definition) is 7. The van der Waals surface area contributed by atoms with Crippen molar-refractivity contribution in [3.05, 3.63) is 53.9 Å². The van der Waals surface area contributed by atoms with Crippen LogP contribution >= 0.6 is 0 Å². The molecule has 1 amide bonds. The van der Waals surface area contributed by atoms with E-state index in [4.69, 9.17) is 18.6 Å². The summed E-state index contributed by atoms with van der Waals surface area (Å²) in [6.07, 6.45) is 1.77. The molecule has 0 saturated carbocycles. The van der Waals surface area contributed by atoms with Crippen molar-refractivity contribution in [2.24, 2.45) is 0 Å². The highest BCUT2D eigenvalue weighted by Gasteiger charge is 2.29. The Bertz CT molecular complexity index is 1130. The maximum atomic E-state index is 12.8. The minimum atomic E-state index is -0.0388. The number of benzene rings is 2. The molecular weight excluding hydrogens is 422 g/mol. The monoisotopic (exact) mass is 449 g/mol. The summed E-state index contributed by atoms with van der Waals surface area (Å²) in [4.78, 5) is 14.6. The Labute approximate surface area is 192 Å². The number of likely N-dealkylation sites (tertiary alicyclic amines) is 1. The van der Waals surface area contributed by atoms with E-state index in [1.807, 2.05) is 47.4 Å². The van der Waals surface area contributed by atoms with E-state index in [2.05, 4.69) is 24.0 Å². The van der Waals surface area contributed by atoms with Crippen LogP contribution < -0.4 is 14.2 Å². The Balaban J connectivity index is 1.19. The van der Waals surface area contributed by atoms with Crippen LogP contribution in [0.3, 0.4) is 0 Å². The first-order valence-electron chi connectivity index (χ1n) is 11.3. The Kier molecular flexibility index (Phi) is 5.90. The van der Waals surface area contributed by atoms with Gasteiger partial charge >= 0.3 is 0 Å². The molecule has 2 aliphatic heterocycles. The molecule has 2 aliphatic rings. The molecular formula is C25H27N3O5. The summed E-state index contributed by atoms with van der Waals surface area (Å²) in [7, 11) is 0. The van der Waals surface area contributed by atoms with Crippen LogP contribution in [0.25, 0.3) is 11.5 Å². The Morgan fingerprint density at radius 1 is 1.12 bits per heavy atom. The molecule has 33 heavy (non-hydrogen) atoms. The molecule has 3 aromatic rings.